The molecule has 3 aliphatic rings. The van der Waals surface area contributed by atoms with Gasteiger partial charge in [0.1, 0.15) is 0 Å². The zero-order chi connectivity index (χ0) is 16.6. The lowest BCUT2D eigenvalue weighted by Crippen LogP contribution is -2.50. The van der Waals surface area contributed by atoms with E-state index in [1.165, 1.54) is 0 Å². The van der Waals surface area contributed by atoms with Gasteiger partial charge in [0.05, 0.1) is 17.8 Å². The predicted molar refractivity (Wildman–Crippen MR) is 95.6 cm³/mol. The molecular weight excluding hydrogens is 322 g/mol. The molecule has 24 heavy (non-hydrogen) atoms. The average Bonchev–Trinajstić information content (AvgIpc) is 3.26. The first-order chi connectivity index (χ1) is 11.7. The van der Waals surface area contributed by atoms with Gasteiger partial charge in [-0.25, -0.2) is 0 Å². The molecule has 0 saturated carbocycles. The maximum Gasteiger partial charge on any atom is 0.254 e. The standard InChI is InChI=1S/C18H27N3O2S/c1-19-7-9-20(10-8-19)16-12-18(23-13-16)3-5-21(6-4-18)17(22)15-2-11-24-14-15/h2,11,14,16H,3-10,12-13H2,1H3/t16-/m0/s1. The molecule has 4 rings (SSSR count). The Morgan fingerprint density at radius 3 is 2.62 bits per heavy atom. The average molecular weight is 350 g/mol. The number of carbonyl (C=O) groups excluding carboxylic acids is 1. The SMILES string of the molecule is CN1CCN([C@@H]2COC3(CCN(C(=O)c4ccsc4)CC3)C2)CC1. The van der Waals surface area contributed by atoms with E-state index in [1.807, 2.05) is 21.7 Å². The number of likely N-dealkylation sites (tertiary alicyclic amines) is 1. The molecular formula is C18H27N3O2S. The van der Waals surface area contributed by atoms with Crippen molar-refractivity contribution in [2.45, 2.75) is 30.9 Å². The predicted octanol–water partition coefficient (Wildman–Crippen LogP) is 1.76. The molecule has 1 amide bonds. The number of amides is 1. The van der Waals surface area contributed by atoms with Gasteiger partial charge in [0, 0.05) is 50.7 Å². The molecule has 0 aromatic carbocycles. The first-order valence-corrected chi connectivity index (χ1v) is 9.98. The number of ether oxygens (including phenoxy) is 1. The van der Waals surface area contributed by atoms with Crippen molar-refractivity contribution in [2.24, 2.45) is 0 Å². The van der Waals surface area contributed by atoms with E-state index in [1.54, 1.807) is 11.3 Å². The first-order valence-electron chi connectivity index (χ1n) is 9.03. The number of piperidine rings is 1. The molecule has 0 unspecified atom stereocenters. The van der Waals surface area contributed by atoms with Gasteiger partial charge < -0.3 is 14.5 Å². The van der Waals surface area contributed by atoms with Crippen LogP contribution >= 0.6 is 11.3 Å². The Hall–Kier alpha value is -0.950. The summed E-state index contributed by atoms with van der Waals surface area (Å²) in [7, 11) is 2.20. The highest BCUT2D eigenvalue weighted by molar-refractivity contribution is 7.08. The zero-order valence-electron chi connectivity index (χ0n) is 14.4. The van der Waals surface area contributed by atoms with Gasteiger partial charge in [0.15, 0.2) is 0 Å². The van der Waals surface area contributed by atoms with Crippen molar-refractivity contribution in [3.05, 3.63) is 22.4 Å². The first kappa shape index (κ1) is 16.5. The van der Waals surface area contributed by atoms with E-state index in [2.05, 4.69) is 16.8 Å². The fourth-order valence-corrected chi connectivity index (χ4v) is 4.91. The van der Waals surface area contributed by atoms with Crippen molar-refractivity contribution in [3.8, 4) is 0 Å². The van der Waals surface area contributed by atoms with Crippen LogP contribution < -0.4 is 0 Å². The van der Waals surface area contributed by atoms with Gasteiger partial charge >= 0.3 is 0 Å². The molecule has 1 aromatic rings. The second-order valence-electron chi connectivity index (χ2n) is 7.50. The third-order valence-electron chi connectivity index (χ3n) is 5.97. The van der Waals surface area contributed by atoms with Crippen LogP contribution in [0, 0.1) is 0 Å². The second kappa shape index (κ2) is 6.75. The van der Waals surface area contributed by atoms with Gasteiger partial charge in [0.2, 0.25) is 0 Å². The molecule has 0 aliphatic carbocycles. The lowest BCUT2D eigenvalue weighted by Gasteiger charge is -2.40. The highest BCUT2D eigenvalue weighted by Crippen LogP contribution is 2.38. The molecule has 6 heteroatoms. The van der Waals surface area contributed by atoms with E-state index in [0.29, 0.717) is 6.04 Å². The number of piperazine rings is 1. The fourth-order valence-electron chi connectivity index (χ4n) is 4.28. The molecule has 1 aromatic heterocycles. The van der Waals surface area contributed by atoms with Crippen molar-refractivity contribution in [3.63, 3.8) is 0 Å². The molecule has 3 aliphatic heterocycles. The van der Waals surface area contributed by atoms with Crippen LogP contribution in [0.5, 0.6) is 0 Å². The molecule has 3 saturated heterocycles. The topological polar surface area (TPSA) is 36.0 Å². The van der Waals surface area contributed by atoms with Crippen LogP contribution in [0.4, 0.5) is 0 Å². The van der Waals surface area contributed by atoms with Crippen molar-refractivity contribution in [1.29, 1.82) is 0 Å². The Kier molecular flexibility index (Phi) is 4.64. The van der Waals surface area contributed by atoms with Crippen LogP contribution in [0.25, 0.3) is 0 Å². The number of carbonyl (C=O) groups is 1. The number of hydrogen-bond donors (Lipinski definition) is 0. The van der Waals surface area contributed by atoms with Crippen molar-refractivity contribution in [2.75, 3.05) is 52.9 Å². The molecule has 5 nitrogen and oxygen atoms in total. The van der Waals surface area contributed by atoms with Crippen LogP contribution in [0.2, 0.25) is 0 Å². The lowest BCUT2D eigenvalue weighted by atomic mass is 9.86. The van der Waals surface area contributed by atoms with Crippen LogP contribution in [0.15, 0.2) is 16.8 Å². The molecule has 1 spiro atoms. The monoisotopic (exact) mass is 349 g/mol. The van der Waals surface area contributed by atoms with Gasteiger partial charge in [-0.2, -0.15) is 11.3 Å². The normalized spacial score (nSPS) is 28.5. The number of nitrogens with zero attached hydrogens (tertiary/aromatic N) is 3. The molecule has 0 radical (unpaired) electrons. The van der Waals surface area contributed by atoms with Crippen molar-refractivity contribution in [1.82, 2.24) is 14.7 Å². The van der Waals surface area contributed by atoms with E-state index in [4.69, 9.17) is 4.74 Å². The molecule has 3 fully saturated rings. The molecule has 0 N–H and O–H groups in total. The minimum atomic E-state index is 0.0133. The van der Waals surface area contributed by atoms with Crippen LogP contribution in [0.3, 0.4) is 0 Å². The summed E-state index contributed by atoms with van der Waals surface area (Å²) in [6.45, 7) is 7.14. The highest BCUT2D eigenvalue weighted by atomic mass is 32.1. The maximum absolute atomic E-state index is 12.5. The Labute approximate surface area is 148 Å². The Balaban J connectivity index is 1.32. The smallest absolute Gasteiger partial charge is 0.254 e. The number of likely N-dealkylation sites (N-methyl/N-ethyl adjacent to an activating group) is 1. The van der Waals surface area contributed by atoms with Crippen LogP contribution in [-0.2, 0) is 4.74 Å². The summed E-state index contributed by atoms with van der Waals surface area (Å²) >= 11 is 1.59. The van der Waals surface area contributed by atoms with E-state index in [-0.39, 0.29) is 11.5 Å². The van der Waals surface area contributed by atoms with E-state index < -0.39 is 0 Å². The summed E-state index contributed by atoms with van der Waals surface area (Å²) < 4.78 is 6.30. The summed E-state index contributed by atoms with van der Waals surface area (Å²) in [4.78, 5) is 19.5. The third-order valence-corrected chi connectivity index (χ3v) is 6.66. The summed E-state index contributed by atoms with van der Waals surface area (Å²) in [6, 6.07) is 2.49. The van der Waals surface area contributed by atoms with Crippen LogP contribution in [0.1, 0.15) is 29.6 Å². The number of rotatable bonds is 2. The van der Waals surface area contributed by atoms with Gasteiger partial charge in [0.25, 0.3) is 5.91 Å². The largest absolute Gasteiger partial charge is 0.373 e. The van der Waals surface area contributed by atoms with E-state index >= 15 is 0 Å². The van der Waals surface area contributed by atoms with Crippen molar-refractivity contribution >= 4 is 17.2 Å². The van der Waals surface area contributed by atoms with Gasteiger partial charge in [-0.15, -0.1) is 0 Å². The molecule has 4 heterocycles. The van der Waals surface area contributed by atoms with Gasteiger partial charge in [-0.1, -0.05) is 0 Å². The second-order valence-corrected chi connectivity index (χ2v) is 8.28. The van der Waals surface area contributed by atoms with E-state index in [9.17, 15) is 4.79 Å². The Bertz CT molecular complexity index is 561. The number of thiophene rings is 1. The van der Waals surface area contributed by atoms with Crippen molar-refractivity contribution < 1.29 is 9.53 Å². The van der Waals surface area contributed by atoms with Gasteiger partial charge in [-0.05, 0) is 37.8 Å². The number of hydrogen-bond acceptors (Lipinski definition) is 5. The van der Waals surface area contributed by atoms with Gasteiger partial charge in [-0.3, -0.25) is 9.69 Å². The minimum absolute atomic E-state index is 0.0133. The quantitative estimate of drug-likeness (QED) is 0.815. The summed E-state index contributed by atoms with van der Waals surface area (Å²) in [5, 5.41) is 3.92. The highest BCUT2D eigenvalue weighted by Gasteiger charge is 2.45. The van der Waals surface area contributed by atoms with Crippen LogP contribution in [-0.4, -0.2) is 85.2 Å². The summed E-state index contributed by atoms with van der Waals surface area (Å²) in [5.74, 6) is 0.180. The molecule has 132 valence electrons. The summed E-state index contributed by atoms with van der Waals surface area (Å²) in [6.07, 6.45) is 3.09. The fraction of sp³-hybridized carbons (Fsp3) is 0.722. The lowest BCUT2D eigenvalue weighted by molar-refractivity contribution is -0.0395. The summed E-state index contributed by atoms with van der Waals surface area (Å²) in [5.41, 5.74) is 0.845. The van der Waals surface area contributed by atoms with E-state index in [0.717, 1.165) is 70.7 Å². The Morgan fingerprint density at radius 2 is 1.96 bits per heavy atom. The third kappa shape index (κ3) is 3.25. The minimum Gasteiger partial charge on any atom is -0.373 e. The Morgan fingerprint density at radius 1 is 1.21 bits per heavy atom. The molecule has 1 atom stereocenters. The maximum atomic E-state index is 12.5. The molecule has 0 bridgehead atoms. The zero-order valence-corrected chi connectivity index (χ0v) is 15.3.